The minimum atomic E-state index is -0.594. The van der Waals surface area contributed by atoms with Crippen LogP contribution in [0, 0.1) is 20.2 Å². The van der Waals surface area contributed by atoms with Crippen molar-refractivity contribution in [1.29, 1.82) is 0 Å². The molecule has 2 heterocycles. The molecule has 2 aromatic heterocycles. The average Bonchev–Trinajstić information content (AvgIpc) is 2.88. The highest BCUT2D eigenvalue weighted by atomic mass is 79.9. The highest BCUT2D eigenvalue weighted by Gasteiger charge is 2.17. The molecule has 0 spiro atoms. The number of nitrogens with zero attached hydrogens (tertiary/aromatic N) is 6. The minimum absolute atomic E-state index is 0.0313. The summed E-state index contributed by atoms with van der Waals surface area (Å²) in [6.07, 6.45) is 3.00. The molecule has 13 heteroatoms. The summed E-state index contributed by atoms with van der Waals surface area (Å²) in [6, 6.07) is 11.5. The summed E-state index contributed by atoms with van der Waals surface area (Å²) >= 11 is 3.36. The van der Waals surface area contributed by atoms with Gasteiger partial charge in [0, 0.05) is 40.2 Å². The fraction of sp³-hybridized carbons (Fsp3) is 0.167. The monoisotopic (exact) mass is 566 g/mol. The van der Waals surface area contributed by atoms with Gasteiger partial charge < -0.3 is 4.74 Å². The van der Waals surface area contributed by atoms with Gasteiger partial charge in [-0.1, -0.05) is 29.8 Å². The maximum Gasteiger partial charge on any atom is 0.287 e. The second-order valence-electron chi connectivity index (χ2n) is 8.00. The van der Waals surface area contributed by atoms with Crippen molar-refractivity contribution in [2.75, 3.05) is 0 Å². The first-order chi connectivity index (χ1) is 17.7. The van der Waals surface area contributed by atoms with Crippen LogP contribution in [0.3, 0.4) is 0 Å². The number of fused-ring (bicyclic) bond motifs is 1. The van der Waals surface area contributed by atoms with Crippen LogP contribution in [0.1, 0.15) is 37.6 Å². The van der Waals surface area contributed by atoms with Gasteiger partial charge in [0.25, 0.3) is 16.9 Å². The van der Waals surface area contributed by atoms with E-state index in [2.05, 4.69) is 31.0 Å². The zero-order valence-electron chi connectivity index (χ0n) is 19.6. The first kappa shape index (κ1) is 25.6. The zero-order valence-corrected chi connectivity index (χ0v) is 21.2. The Balaban J connectivity index is 1.82. The van der Waals surface area contributed by atoms with Crippen molar-refractivity contribution >= 4 is 44.4 Å². The summed E-state index contributed by atoms with van der Waals surface area (Å²) < 4.78 is 7.61. The van der Waals surface area contributed by atoms with Crippen LogP contribution in [-0.2, 0) is 0 Å². The third-order valence-corrected chi connectivity index (χ3v) is 6.04. The van der Waals surface area contributed by atoms with Crippen molar-refractivity contribution in [2.24, 2.45) is 5.10 Å². The number of pyridine rings is 1. The van der Waals surface area contributed by atoms with Crippen LogP contribution >= 0.6 is 15.9 Å². The Morgan fingerprint density at radius 1 is 1.11 bits per heavy atom. The van der Waals surface area contributed by atoms with Crippen molar-refractivity contribution in [3.05, 3.63) is 101 Å². The lowest BCUT2D eigenvalue weighted by Crippen LogP contribution is -2.23. The van der Waals surface area contributed by atoms with Crippen LogP contribution in [0.25, 0.3) is 10.9 Å². The van der Waals surface area contributed by atoms with Gasteiger partial charge in [0.2, 0.25) is 5.88 Å². The number of benzene rings is 2. The van der Waals surface area contributed by atoms with Crippen molar-refractivity contribution < 1.29 is 14.6 Å². The molecule has 0 radical (unpaired) electrons. The molecule has 12 nitrogen and oxygen atoms in total. The van der Waals surface area contributed by atoms with E-state index in [1.165, 1.54) is 41.2 Å². The Hall–Kier alpha value is -4.52. The summed E-state index contributed by atoms with van der Waals surface area (Å²) in [5, 5.41) is 27.0. The molecule has 0 aliphatic rings. The number of non-ortho nitro benzene ring substituents is 1. The van der Waals surface area contributed by atoms with E-state index in [1.807, 2.05) is 13.8 Å². The van der Waals surface area contributed by atoms with Crippen LogP contribution in [-0.4, -0.2) is 30.7 Å². The van der Waals surface area contributed by atoms with E-state index >= 15 is 0 Å². The van der Waals surface area contributed by atoms with Crippen LogP contribution in [0.4, 0.5) is 11.4 Å². The number of halogens is 1. The van der Waals surface area contributed by atoms with E-state index in [9.17, 15) is 25.0 Å². The number of nitro benzene ring substituents is 1. The maximum absolute atomic E-state index is 13.4. The third kappa shape index (κ3) is 5.51. The first-order valence-corrected chi connectivity index (χ1v) is 11.8. The Morgan fingerprint density at radius 3 is 2.49 bits per heavy atom. The summed E-state index contributed by atoms with van der Waals surface area (Å²) in [7, 11) is 0. The minimum Gasteiger partial charge on any atom is -0.438 e. The van der Waals surface area contributed by atoms with Crippen LogP contribution in [0.2, 0.25) is 0 Å². The highest BCUT2D eigenvalue weighted by molar-refractivity contribution is 9.10. The zero-order chi connectivity index (χ0) is 26.7. The van der Waals surface area contributed by atoms with E-state index in [1.54, 1.807) is 18.2 Å². The van der Waals surface area contributed by atoms with Gasteiger partial charge in [0.05, 0.1) is 27.0 Å². The number of hydrogen-bond acceptors (Lipinski definition) is 9. The Kier molecular flexibility index (Phi) is 7.34. The summed E-state index contributed by atoms with van der Waals surface area (Å²) in [4.78, 5) is 43.0. The maximum atomic E-state index is 13.4. The van der Waals surface area contributed by atoms with Gasteiger partial charge in [-0.3, -0.25) is 25.0 Å². The molecule has 2 aromatic carbocycles. The fourth-order valence-corrected chi connectivity index (χ4v) is 3.76. The standard InChI is InChI=1S/C24H19BrN6O6/c1-3-14(2)23-28-20-7-4-16(25)11-19(20)24(32)29(23)27-12-15-10-17(30(33)34)5-8-21(15)37-22-9-6-18(13-26-22)31(35)36/h4-14H,3H2,1-2H3/t14-/m1/s1. The quantitative estimate of drug-likeness (QED) is 0.152. The number of hydrogen-bond donors (Lipinski definition) is 0. The molecule has 37 heavy (non-hydrogen) atoms. The van der Waals surface area contributed by atoms with Gasteiger partial charge in [-0.2, -0.15) is 9.78 Å². The Morgan fingerprint density at radius 2 is 1.84 bits per heavy atom. The second kappa shape index (κ2) is 10.6. The Labute approximate surface area is 217 Å². The van der Waals surface area contributed by atoms with Gasteiger partial charge >= 0.3 is 0 Å². The Bertz CT molecular complexity index is 1600. The largest absolute Gasteiger partial charge is 0.438 e. The van der Waals surface area contributed by atoms with Crippen LogP contribution < -0.4 is 10.3 Å². The number of ether oxygens (including phenoxy) is 1. The number of rotatable bonds is 8. The molecule has 4 rings (SSSR count). The molecule has 188 valence electrons. The van der Waals surface area contributed by atoms with E-state index in [0.717, 1.165) is 6.20 Å². The van der Waals surface area contributed by atoms with Gasteiger partial charge in [0.15, 0.2) is 0 Å². The first-order valence-electron chi connectivity index (χ1n) is 11.0. The SMILES string of the molecule is CC[C@@H](C)c1nc2ccc(Br)cc2c(=O)n1N=Cc1cc([N+](=O)[O-])ccc1Oc1ccc([N+](=O)[O-])cn1. The molecule has 0 saturated heterocycles. The lowest BCUT2D eigenvalue weighted by Gasteiger charge is -2.14. The van der Waals surface area contributed by atoms with Crippen molar-refractivity contribution in [2.45, 2.75) is 26.2 Å². The number of nitro groups is 2. The van der Waals surface area contributed by atoms with Crippen molar-refractivity contribution in [1.82, 2.24) is 14.6 Å². The van der Waals surface area contributed by atoms with Gasteiger partial charge in [0.1, 0.15) is 17.8 Å². The topological polar surface area (TPSA) is 156 Å². The van der Waals surface area contributed by atoms with Crippen molar-refractivity contribution in [3.63, 3.8) is 0 Å². The molecule has 0 aliphatic heterocycles. The summed E-state index contributed by atoms with van der Waals surface area (Å²) in [5.74, 6) is 0.501. The van der Waals surface area contributed by atoms with E-state index < -0.39 is 15.4 Å². The lowest BCUT2D eigenvalue weighted by atomic mass is 10.1. The molecule has 0 saturated carbocycles. The summed E-state index contributed by atoms with van der Waals surface area (Å²) in [5.41, 5.74) is -0.127. The van der Waals surface area contributed by atoms with Gasteiger partial charge in [-0.05, 0) is 30.7 Å². The molecule has 1 atom stereocenters. The number of aromatic nitrogens is 3. The van der Waals surface area contributed by atoms with E-state index in [0.29, 0.717) is 27.6 Å². The molecule has 0 aliphatic carbocycles. The highest BCUT2D eigenvalue weighted by Crippen LogP contribution is 2.28. The summed E-state index contributed by atoms with van der Waals surface area (Å²) in [6.45, 7) is 3.88. The second-order valence-corrected chi connectivity index (χ2v) is 8.91. The van der Waals surface area contributed by atoms with Crippen LogP contribution in [0.5, 0.6) is 11.6 Å². The van der Waals surface area contributed by atoms with Crippen LogP contribution in [0.15, 0.2) is 69.1 Å². The van der Waals surface area contributed by atoms with Gasteiger partial charge in [-0.15, -0.1) is 0 Å². The molecule has 0 N–H and O–H groups in total. The molecule has 4 aromatic rings. The van der Waals surface area contributed by atoms with Crippen molar-refractivity contribution in [3.8, 4) is 11.6 Å². The lowest BCUT2D eigenvalue weighted by molar-refractivity contribution is -0.385. The predicted molar refractivity (Wildman–Crippen MR) is 139 cm³/mol. The normalized spacial score (nSPS) is 12.1. The smallest absolute Gasteiger partial charge is 0.287 e. The average molecular weight is 567 g/mol. The molecule has 0 fully saturated rings. The molecular weight excluding hydrogens is 548 g/mol. The van der Waals surface area contributed by atoms with E-state index in [4.69, 9.17) is 4.74 Å². The molecule has 0 unspecified atom stereocenters. The van der Waals surface area contributed by atoms with E-state index in [-0.39, 0.29) is 34.5 Å². The molecule has 0 amide bonds. The third-order valence-electron chi connectivity index (χ3n) is 5.55. The molecule has 0 bridgehead atoms. The fourth-order valence-electron chi connectivity index (χ4n) is 3.40. The molecular formula is C24H19BrN6O6. The predicted octanol–water partition coefficient (Wildman–Crippen LogP) is 5.56. The van der Waals surface area contributed by atoms with Gasteiger partial charge in [-0.25, -0.2) is 9.97 Å².